The van der Waals surface area contributed by atoms with Crippen LogP contribution in [0, 0.1) is 5.82 Å². The van der Waals surface area contributed by atoms with E-state index < -0.39 is 11.9 Å². The van der Waals surface area contributed by atoms with Gasteiger partial charge < -0.3 is 18.8 Å². The molecular formula is C18H22FN3O4S. The Morgan fingerprint density at radius 1 is 1.33 bits per heavy atom. The molecule has 1 aliphatic heterocycles. The van der Waals surface area contributed by atoms with Gasteiger partial charge in [0.05, 0.1) is 18.0 Å². The Hall–Kier alpha value is -2.13. The standard InChI is InChI=1S/C18H22FN3O4S/c1-11-8-22(9-12(2)24-11)16(23)10-27-18-21-20-17(26-18)13(3)25-15-7-5-4-6-14(15)19/h4-7,11-13H,8-10H2,1-3H3. The Bertz CT molecular complexity index is 777. The lowest BCUT2D eigenvalue weighted by Gasteiger charge is -2.35. The second-order valence-electron chi connectivity index (χ2n) is 6.44. The molecule has 1 amide bonds. The number of carbonyl (C=O) groups is 1. The Labute approximate surface area is 161 Å². The Balaban J connectivity index is 1.53. The van der Waals surface area contributed by atoms with Crippen molar-refractivity contribution in [1.29, 1.82) is 0 Å². The second kappa shape index (κ2) is 8.71. The minimum atomic E-state index is -0.611. The number of hydrogen-bond acceptors (Lipinski definition) is 7. The Kier molecular flexibility index (Phi) is 6.33. The molecule has 146 valence electrons. The molecule has 1 aromatic heterocycles. The van der Waals surface area contributed by atoms with E-state index in [1.54, 1.807) is 24.0 Å². The van der Waals surface area contributed by atoms with E-state index in [9.17, 15) is 9.18 Å². The number of halogens is 1. The maximum absolute atomic E-state index is 13.7. The zero-order chi connectivity index (χ0) is 19.4. The summed E-state index contributed by atoms with van der Waals surface area (Å²) in [5.41, 5.74) is 0. The highest BCUT2D eigenvalue weighted by Gasteiger charge is 2.26. The van der Waals surface area contributed by atoms with Crippen molar-refractivity contribution in [3.8, 4) is 5.75 Å². The van der Waals surface area contributed by atoms with E-state index in [4.69, 9.17) is 13.9 Å². The maximum atomic E-state index is 13.7. The van der Waals surface area contributed by atoms with Gasteiger partial charge in [0.25, 0.3) is 11.1 Å². The van der Waals surface area contributed by atoms with Crippen molar-refractivity contribution in [1.82, 2.24) is 15.1 Å². The predicted octanol–water partition coefficient (Wildman–Crippen LogP) is 3.08. The van der Waals surface area contributed by atoms with Gasteiger partial charge in [-0.05, 0) is 32.9 Å². The van der Waals surface area contributed by atoms with Crippen molar-refractivity contribution in [3.05, 3.63) is 36.0 Å². The number of amides is 1. The van der Waals surface area contributed by atoms with Crippen molar-refractivity contribution >= 4 is 17.7 Å². The number of thioether (sulfide) groups is 1. The summed E-state index contributed by atoms with van der Waals surface area (Å²) >= 11 is 1.17. The third-order valence-corrected chi connectivity index (χ3v) is 4.80. The van der Waals surface area contributed by atoms with Crippen molar-refractivity contribution in [2.75, 3.05) is 18.8 Å². The van der Waals surface area contributed by atoms with Crippen LogP contribution in [-0.4, -0.2) is 52.1 Å². The van der Waals surface area contributed by atoms with Crippen molar-refractivity contribution in [3.63, 3.8) is 0 Å². The zero-order valence-corrected chi connectivity index (χ0v) is 16.2. The van der Waals surface area contributed by atoms with Crippen molar-refractivity contribution < 1.29 is 23.1 Å². The summed E-state index contributed by atoms with van der Waals surface area (Å²) in [7, 11) is 0. The smallest absolute Gasteiger partial charge is 0.277 e. The maximum Gasteiger partial charge on any atom is 0.277 e. The highest BCUT2D eigenvalue weighted by molar-refractivity contribution is 7.99. The second-order valence-corrected chi connectivity index (χ2v) is 7.37. The monoisotopic (exact) mass is 395 g/mol. The van der Waals surface area contributed by atoms with Crippen LogP contribution in [0.4, 0.5) is 4.39 Å². The van der Waals surface area contributed by atoms with Crippen molar-refractivity contribution in [2.45, 2.75) is 44.3 Å². The summed E-state index contributed by atoms with van der Waals surface area (Å²) in [5.74, 6) is 0.0734. The zero-order valence-electron chi connectivity index (χ0n) is 15.4. The molecule has 3 atom stereocenters. The summed E-state index contributed by atoms with van der Waals surface area (Å²) in [6, 6.07) is 6.11. The molecule has 0 saturated carbocycles. The third kappa shape index (κ3) is 5.20. The predicted molar refractivity (Wildman–Crippen MR) is 97.1 cm³/mol. The van der Waals surface area contributed by atoms with Crippen LogP contribution >= 0.6 is 11.8 Å². The van der Waals surface area contributed by atoms with Crippen LogP contribution in [0.25, 0.3) is 0 Å². The Morgan fingerprint density at radius 2 is 2.04 bits per heavy atom. The molecule has 9 heteroatoms. The highest BCUT2D eigenvalue weighted by Crippen LogP contribution is 2.26. The molecule has 0 aliphatic carbocycles. The van der Waals surface area contributed by atoms with E-state index in [0.29, 0.717) is 13.1 Å². The quantitative estimate of drug-likeness (QED) is 0.696. The number of aromatic nitrogens is 2. The molecule has 0 bridgehead atoms. The number of morpholine rings is 1. The SMILES string of the molecule is CC1CN(C(=O)CSc2nnc(C(C)Oc3ccccc3F)o2)CC(C)O1. The van der Waals surface area contributed by atoms with Crippen molar-refractivity contribution in [2.24, 2.45) is 0 Å². The Morgan fingerprint density at radius 3 is 2.74 bits per heavy atom. The summed E-state index contributed by atoms with van der Waals surface area (Å²) in [4.78, 5) is 14.2. The van der Waals surface area contributed by atoms with Crippen LogP contribution in [0.3, 0.4) is 0 Å². The molecule has 0 N–H and O–H groups in total. The van der Waals surface area contributed by atoms with E-state index in [2.05, 4.69) is 10.2 Å². The first-order chi connectivity index (χ1) is 12.9. The number of rotatable bonds is 6. The van der Waals surface area contributed by atoms with Gasteiger partial charge in [-0.3, -0.25) is 4.79 Å². The van der Waals surface area contributed by atoms with Crippen LogP contribution in [0.1, 0.15) is 32.8 Å². The fraction of sp³-hybridized carbons (Fsp3) is 0.500. The van der Waals surface area contributed by atoms with Gasteiger partial charge in [-0.15, -0.1) is 10.2 Å². The third-order valence-electron chi connectivity index (χ3n) is 4.00. The van der Waals surface area contributed by atoms with E-state index >= 15 is 0 Å². The van der Waals surface area contributed by atoms with Gasteiger partial charge in [-0.1, -0.05) is 23.9 Å². The average molecular weight is 395 g/mol. The van der Waals surface area contributed by atoms with Gasteiger partial charge in [0, 0.05) is 13.1 Å². The van der Waals surface area contributed by atoms with E-state index in [1.807, 2.05) is 13.8 Å². The summed E-state index contributed by atoms with van der Waals surface area (Å²) in [6.07, 6.45) is -0.566. The number of ether oxygens (including phenoxy) is 2. The summed E-state index contributed by atoms with van der Waals surface area (Å²) in [5, 5.41) is 8.13. The molecule has 27 heavy (non-hydrogen) atoms. The first kappa shape index (κ1) is 19.6. The van der Waals surface area contributed by atoms with Gasteiger partial charge in [-0.2, -0.15) is 0 Å². The minimum Gasteiger partial charge on any atom is -0.478 e. The molecule has 7 nitrogen and oxygen atoms in total. The number of benzene rings is 1. The van der Waals surface area contributed by atoms with Gasteiger partial charge in [0.1, 0.15) is 0 Å². The number of hydrogen-bond donors (Lipinski definition) is 0. The first-order valence-corrected chi connectivity index (χ1v) is 9.71. The van der Waals surface area contributed by atoms with Crippen LogP contribution in [0.2, 0.25) is 0 Å². The van der Waals surface area contributed by atoms with Gasteiger partial charge in [0.15, 0.2) is 17.7 Å². The fourth-order valence-corrected chi connectivity index (χ4v) is 3.49. The summed E-state index contributed by atoms with van der Waals surface area (Å²) < 4.78 is 30.4. The minimum absolute atomic E-state index is 0.00240. The van der Waals surface area contributed by atoms with E-state index in [1.165, 1.54) is 23.9 Å². The van der Waals surface area contributed by atoms with E-state index in [-0.39, 0.29) is 40.7 Å². The fourth-order valence-electron chi connectivity index (χ4n) is 2.82. The first-order valence-electron chi connectivity index (χ1n) is 8.73. The van der Waals surface area contributed by atoms with Crippen LogP contribution < -0.4 is 4.74 Å². The highest BCUT2D eigenvalue weighted by atomic mass is 32.2. The molecule has 3 rings (SSSR count). The molecule has 2 aromatic rings. The van der Waals surface area contributed by atoms with Gasteiger partial charge >= 0.3 is 0 Å². The van der Waals surface area contributed by atoms with Gasteiger partial charge in [0.2, 0.25) is 5.91 Å². The molecule has 3 unspecified atom stereocenters. The normalized spacial score (nSPS) is 21.1. The molecule has 1 aromatic carbocycles. The lowest BCUT2D eigenvalue weighted by Crippen LogP contribution is -2.48. The lowest BCUT2D eigenvalue weighted by atomic mass is 10.2. The molecule has 1 fully saturated rings. The summed E-state index contributed by atoms with van der Waals surface area (Å²) in [6.45, 7) is 6.74. The molecule has 0 spiro atoms. The molecule has 0 radical (unpaired) electrons. The molecule has 1 saturated heterocycles. The van der Waals surface area contributed by atoms with Crippen LogP contribution in [-0.2, 0) is 9.53 Å². The van der Waals surface area contributed by atoms with Crippen LogP contribution in [0.15, 0.2) is 33.9 Å². The largest absolute Gasteiger partial charge is 0.478 e. The molecular weight excluding hydrogens is 373 g/mol. The number of carbonyl (C=O) groups excluding carboxylic acids is 1. The molecule has 1 aliphatic rings. The topological polar surface area (TPSA) is 77.7 Å². The van der Waals surface area contributed by atoms with Crippen LogP contribution in [0.5, 0.6) is 5.75 Å². The number of nitrogens with zero attached hydrogens (tertiary/aromatic N) is 3. The molecule has 2 heterocycles. The number of para-hydroxylation sites is 1. The lowest BCUT2D eigenvalue weighted by molar-refractivity contribution is -0.140. The van der Waals surface area contributed by atoms with Gasteiger partial charge in [-0.25, -0.2) is 4.39 Å². The van der Waals surface area contributed by atoms with E-state index in [0.717, 1.165) is 0 Å². The average Bonchev–Trinajstić information content (AvgIpc) is 3.10.